The third-order valence-corrected chi connectivity index (χ3v) is 6.64. The Morgan fingerprint density at radius 2 is 1.77 bits per heavy atom. The largest absolute Gasteiger partial charge is 0.465 e. The van der Waals surface area contributed by atoms with E-state index in [0.717, 1.165) is 43.8 Å². The molecular weight excluding hydrogens is 411 g/mol. The van der Waals surface area contributed by atoms with Crippen LogP contribution in [0.25, 0.3) is 0 Å². The minimum Gasteiger partial charge on any atom is -0.465 e. The first-order valence-corrected chi connectivity index (χ1v) is 11.2. The van der Waals surface area contributed by atoms with E-state index in [1.807, 2.05) is 0 Å². The number of ether oxygens (including phenoxy) is 1. The van der Waals surface area contributed by atoms with E-state index in [0.29, 0.717) is 5.69 Å². The first kappa shape index (κ1) is 21.8. The summed E-state index contributed by atoms with van der Waals surface area (Å²) in [4.78, 5) is 26.4. The normalized spacial score (nSPS) is 13.9. The van der Waals surface area contributed by atoms with Crippen LogP contribution in [0.4, 0.5) is 15.8 Å². The van der Waals surface area contributed by atoms with E-state index in [9.17, 15) is 22.4 Å². The second-order valence-corrected chi connectivity index (χ2v) is 9.10. The predicted octanol–water partition coefficient (Wildman–Crippen LogP) is 3.02. The highest BCUT2D eigenvalue weighted by Gasteiger charge is 2.21. The summed E-state index contributed by atoms with van der Waals surface area (Å²) in [6.07, 6.45) is 1.78. The van der Waals surface area contributed by atoms with Gasteiger partial charge >= 0.3 is 5.97 Å². The van der Waals surface area contributed by atoms with Gasteiger partial charge < -0.3 is 15.0 Å². The van der Waals surface area contributed by atoms with Gasteiger partial charge in [-0.3, -0.25) is 4.79 Å². The number of nitrogens with one attached hydrogen (secondary N) is 1. The number of hydrogen-bond donors (Lipinski definition) is 1. The van der Waals surface area contributed by atoms with Crippen molar-refractivity contribution in [2.75, 3.05) is 36.2 Å². The first-order valence-electron chi connectivity index (χ1n) is 9.55. The molecule has 3 rings (SSSR count). The molecule has 1 fully saturated rings. The highest BCUT2D eigenvalue weighted by molar-refractivity contribution is 7.91. The lowest BCUT2D eigenvalue weighted by Crippen LogP contribution is -2.22. The summed E-state index contributed by atoms with van der Waals surface area (Å²) in [6, 6.07) is 9.39. The molecule has 2 aromatic carbocycles. The summed E-state index contributed by atoms with van der Waals surface area (Å²) in [5, 5.41) is 2.73. The lowest BCUT2D eigenvalue weighted by Gasteiger charge is -2.22. The van der Waals surface area contributed by atoms with Crippen LogP contribution in [0.1, 0.15) is 29.6 Å². The number of sulfone groups is 1. The summed E-state index contributed by atoms with van der Waals surface area (Å²) in [6.45, 7) is 1.67. The van der Waals surface area contributed by atoms with Gasteiger partial charge in [-0.1, -0.05) is 0 Å². The molecule has 9 heteroatoms. The molecule has 0 saturated carbocycles. The number of amides is 1. The van der Waals surface area contributed by atoms with Crippen LogP contribution >= 0.6 is 0 Å². The number of carbonyl (C=O) groups excluding carboxylic acids is 2. The topological polar surface area (TPSA) is 92.8 Å². The van der Waals surface area contributed by atoms with Crippen molar-refractivity contribution in [3.63, 3.8) is 0 Å². The Morgan fingerprint density at radius 1 is 1.10 bits per heavy atom. The molecule has 0 aliphatic carbocycles. The van der Waals surface area contributed by atoms with Crippen LogP contribution in [0.5, 0.6) is 0 Å². The van der Waals surface area contributed by atoms with Crippen molar-refractivity contribution >= 4 is 33.1 Å². The van der Waals surface area contributed by atoms with Gasteiger partial charge in [-0.05, 0) is 55.3 Å². The molecule has 7 nitrogen and oxygen atoms in total. The maximum atomic E-state index is 13.0. The maximum Gasteiger partial charge on any atom is 0.337 e. The number of rotatable bonds is 7. The third-order valence-electron chi connectivity index (χ3n) is 4.91. The average molecular weight is 434 g/mol. The molecule has 1 amide bonds. The van der Waals surface area contributed by atoms with Gasteiger partial charge in [0, 0.05) is 19.5 Å². The molecule has 0 radical (unpaired) electrons. The second-order valence-electron chi connectivity index (χ2n) is 6.99. The van der Waals surface area contributed by atoms with E-state index < -0.39 is 33.3 Å². The van der Waals surface area contributed by atoms with Gasteiger partial charge in [0.2, 0.25) is 5.91 Å². The van der Waals surface area contributed by atoms with E-state index in [-0.39, 0.29) is 16.9 Å². The minimum atomic E-state index is -3.73. The van der Waals surface area contributed by atoms with Crippen LogP contribution in [-0.2, 0) is 19.4 Å². The van der Waals surface area contributed by atoms with E-state index in [4.69, 9.17) is 4.74 Å². The van der Waals surface area contributed by atoms with Gasteiger partial charge in [-0.25, -0.2) is 17.6 Å². The summed E-state index contributed by atoms with van der Waals surface area (Å²) in [5.41, 5.74) is 1.49. The zero-order chi connectivity index (χ0) is 21.7. The van der Waals surface area contributed by atoms with Gasteiger partial charge in [0.25, 0.3) is 0 Å². The zero-order valence-electron chi connectivity index (χ0n) is 16.6. The molecule has 0 bridgehead atoms. The van der Waals surface area contributed by atoms with Crippen molar-refractivity contribution in [2.24, 2.45) is 0 Å². The summed E-state index contributed by atoms with van der Waals surface area (Å²) in [7, 11) is -2.45. The van der Waals surface area contributed by atoms with Crippen molar-refractivity contribution in [3.8, 4) is 0 Å². The lowest BCUT2D eigenvalue weighted by molar-refractivity contribution is -0.115. The van der Waals surface area contributed by atoms with Crippen molar-refractivity contribution in [1.82, 2.24) is 0 Å². The number of halogens is 1. The molecule has 30 heavy (non-hydrogen) atoms. The van der Waals surface area contributed by atoms with Crippen LogP contribution in [0.3, 0.4) is 0 Å². The van der Waals surface area contributed by atoms with Gasteiger partial charge in [0.05, 0.1) is 34.7 Å². The molecular formula is C21H23FN2O5S. The first-order chi connectivity index (χ1) is 14.3. The molecule has 1 heterocycles. The van der Waals surface area contributed by atoms with Gasteiger partial charge in [-0.2, -0.15) is 0 Å². The monoisotopic (exact) mass is 434 g/mol. The molecule has 2 aromatic rings. The molecule has 0 spiro atoms. The molecule has 0 aromatic heterocycles. The predicted molar refractivity (Wildman–Crippen MR) is 111 cm³/mol. The number of nitrogens with zero attached hydrogens (tertiary/aromatic N) is 1. The summed E-state index contributed by atoms with van der Waals surface area (Å²) in [5.74, 6) is -1.98. The fourth-order valence-electron chi connectivity index (χ4n) is 3.31. The van der Waals surface area contributed by atoms with Gasteiger partial charge in [-0.15, -0.1) is 0 Å². The minimum absolute atomic E-state index is 0.0397. The van der Waals surface area contributed by atoms with E-state index in [1.54, 1.807) is 12.1 Å². The van der Waals surface area contributed by atoms with Crippen LogP contribution in [0, 0.1) is 5.82 Å². The fraction of sp³-hybridized carbons (Fsp3) is 0.333. The molecule has 0 unspecified atom stereocenters. The van der Waals surface area contributed by atoms with E-state index in [2.05, 4.69) is 10.2 Å². The average Bonchev–Trinajstić information content (AvgIpc) is 3.26. The fourth-order valence-corrected chi connectivity index (χ4v) is 4.55. The van der Waals surface area contributed by atoms with Crippen molar-refractivity contribution in [3.05, 3.63) is 53.8 Å². The highest BCUT2D eigenvalue weighted by Crippen LogP contribution is 2.30. The smallest absolute Gasteiger partial charge is 0.337 e. The quantitative estimate of drug-likeness (QED) is 0.532. The Labute approximate surface area is 174 Å². The van der Waals surface area contributed by atoms with E-state index in [1.165, 1.54) is 25.3 Å². The molecule has 1 aliphatic rings. The summed E-state index contributed by atoms with van der Waals surface area (Å²) >= 11 is 0. The molecule has 1 N–H and O–H groups in total. The zero-order valence-corrected chi connectivity index (χ0v) is 17.4. The SMILES string of the molecule is COC(=O)c1ccc(N2CCCC2)c(NC(=O)CCS(=O)(=O)c2ccc(F)cc2)c1. The van der Waals surface area contributed by atoms with Gasteiger partial charge in [0.1, 0.15) is 5.82 Å². The third kappa shape index (κ3) is 5.15. The molecule has 1 saturated heterocycles. The van der Waals surface area contributed by atoms with Crippen molar-refractivity contribution in [1.29, 1.82) is 0 Å². The number of esters is 1. The Hall–Kier alpha value is -2.94. The standard InChI is InChI=1S/C21H23FN2O5S/c1-29-21(26)15-4-9-19(24-11-2-3-12-24)18(14-15)23-20(25)10-13-30(27,28)17-7-5-16(22)6-8-17/h4-9,14H,2-3,10-13H2,1H3,(H,23,25). The van der Waals surface area contributed by atoms with Crippen LogP contribution in [0.15, 0.2) is 47.4 Å². The highest BCUT2D eigenvalue weighted by atomic mass is 32.2. The number of methoxy groups -OCH3 is 1. The Morgan fingerprint density at radius 3 is 2.40 bits per heavy atom. The van der Waals surface area contributed by atoms with Crippen molar-refractivity contribution < 1.29 is 27.1 Å². The second kappa shape index (κ2) is 9.25. The Kier molecular flexibility index (Phi) is 6.71. The van der Waals surface area contributed by atoms with Gasteiger partial charge in [0.15, 0.2) is 9.84 Å². The van der Waals surface area contributed by atoms with Crippen LogP contribution < -0.4 is 10.2 Å². The molecule has 1 aliphatic heterocycles. The van der Waals surface area contributed by atoms with Crippen LogP contribution in [-0.4, -0.2) is 46.2 Å². The van der Waals surface area contributed by atoms with Crippen LogP contribution in [0.2, 0.25) is 0 Å². The Bertz CT molecular complexity index is 1030. The number of carbonyl (C=O) groups is 2. The molecule has 160 valence electrons. The Balaban J connectivity index is 1.74. The summed E-state index contributed by atoms with van der Waals surface area (Å²) < 4.78 is 42.5. The van der Waals surface area contributed by atoms with E-state index >= 15 is 0 Å². The number of anilines is 2. The number of hydrogen-bond acceptors (Lipinski definition) is 6. The molecule has 0 atom stereocenters. The van der Waals surface area contributed by atoms with Crippen molar-refractivity contribution in [2.45, 2.75) is 24.2 Å². The lowest BCUT2D eigenvalue weighted by atomic mass is 10.1. The number of benzene rings is 2. The maximum absolute atomic E-state index is 13.0.